The normalized spacial score (nSPS) is 19.9. The lowest BCUT2D eigenvalue weighted by molar-refractivity contribution is 0.173. The van der Waals surface area contributed by atoms with E-state index in [9.17, 15) is 9.59 Å². The predicted octanol–water partition coefficient (Wildman–Crippen LogP) is 1.47. The van der Waals surface area contributed by atoms with Gasteiger partial charge in [0.05, 0.1) is 18.5 Å². The average molecular weight is 407 g/mol. The number of pyridine rings is 1. The van der Waals surface area contributed by atoms with Gasteiger partial charge in [0, 0.05) is 31.7 Å². The highest BCUT2D eigenvalue weighted by Gasteiger charge is 2.29. The molecule has 2 aliphatic heterocycles. The van der Waals surface area contributed by atoms with Crippen molar-refractivity contribution in [2.45, 2.75) is 31.5 Å². The summed E-state index contributed by atoms with van der Waals surface area (Å²) in [6, 6.07) is 7.51. The number of aromatic nitrogens is 3. The maximum Gasteiger partial charge on any atom is 0.270 e. The van der Waals surface area contributed by atoms with Crippen LogP contribution in [0.4, 0.5) is 0 Å². The molecular formula is C22H25N5O3. The van der Waals surface area contributed by atoms with E-state index in [1.54, 1.807) is 21.5 Å². The molecule has 1 atom stereocenters. The molecule has 3 aromatic heterocycles. The van der Waals surface area contributed by atoms with Crippen molar-refractivity contribution in [1.29, 1.82) is 0 Å². The molecule has 5 rings (SSSR count). The van der Waals surface area contributed by atoms with E-state index >= 15 is 0 Å². The summed E-state index contributed by atoms with van der Waals surface area (Å²) < 4.78 is 8.74. The number of rotatable bonds is 6. The minimum Gasteiger partial charge on any atom is -0.465 e. The summed E-state index contributed by atoms with van der Waals surface area (Å²) in [4.78, 5) is 31.4. The van der Waals surface area contributed by atoms with E-state index in [2.05, 4.69) is 21.3 Å². The second kappa shape index (κ2) is 8.04. The van der Waals surface area contributed by atoms with Crippen LogP contribution in [-0.2, 0) is 6.54 Å². The zero-order chi connectivity index (χ0) is 20.5. The number of likely N-dealkylation sites (tertiary alicyclic amines) is 1. The summed E-state index contributed by atoms with van der Waals surface area (Å²) in [6.07, 6.45) is 9.23. The van der Waals surface area contributed by atoms with Gasteiger partial charge >= 0.3 is 0 Å². The van der Waals surface area contributed by atoms with Crippen molar-refractivity contribution in [2.75, 3.05) is 26.2 Å². The third kappa shape index (κ3) is 3.64. The Balaban J connectivity index is 1.18. The van der Waals surface area contributed by atoms with Gasteiger partial charge in [0.15, 0.2) is 0 Å². The lowest BCUT2D eigenvalue weighted by Crippen LogP contribution is -2.44. The number of furan rings is 1. The maximum absolute atomic E-state index is 12.5. The second-order valence-electron chi connectivity index (χ2n) is 8.01. The van der Waals surface area contributed by atoms with Crippen molar-refractivity contribution in [2.24, 2.45) is 0 Å². The quantitative estimate of drug-likeness (QED) is 0.666. The SMILES string of the molecule is O=c1ccc2ncc(=O)n3c2n1CC3CN1CCC(NCC=Cc2ccco2)CC1. The van der Waals surface area contributed by atoms with Crippen LogP contribution in [0.1, 0.15) is 24.6 Å². The molecule has 2 aliphatic rings. The molecule has 0 aromatic carbocycles. The van der Waals surface area contributed by atoms with Crippen LogP contribution >= 0.6 is 0 Å². The predicted molar refractivity (Wildman–Crippen MR) is 115 cm³/mol. The van der Waals surface area contributed by atoms with Crippen molar-refractivity contribution in [3.05, 3.63) is 69.3 Å². The topological polar surface area (TPSA) is 85.3 Å². The summed E-state index contributed by atoms with van der Waals surface area (Å²) in [7, 11) is 0. The Morgan fingerprint density at radius 3 is 2.83 bits per heavy atom. The van der Waals surface area contributed by atoms with Gasteiger partial charge in [0.2, 0.25) is 0 Å². The van der Waals surface area contributed by atoms with Crippen molar-refractivity contribution in [3.8, 4) is 0 Å². The third-order valence-electron chi connectivity index (χ3n) is 6.08. The molecule has 0 bridgehead atoms. The van der Waals surface area contributed by atoms with Crippen LogP contribution in [0.15, 0.2) is 56.8 Å². The fourth-order valence-corrected chi connectivity index (χ4v) is 4.58. The highest BCUT2D eigenvalue weighted by molar-refractivity contribution is 5.71. The summed E-state index contributed by atoms with van der Waals surface area (Å²) in [6.45, 7) is 4.07. The molecule has 1 N–H and O–H groups in total. The first-order valence-corrected chi connectivity index (χ1v) is 10.5. The van der Waals surface area contributed by atoms with Crippen molar-refractivity contribution in [3.63, 3.8) is 0 Å². The first-order chi connectivity index (χ1) is 14.7. The van der Waals surface area contributed by atoms with Crippen LogP contribution < -0.4 is 16.4 Å². The molecule has 0 radical (unpaired) electrons. The standard InChI is InChI=1S/C22H25N5O3/c28-20-6-5-19-22-26(20)15-17(27(22)21(29)13-24-19)14-25-10-7-16(8-11-25)23-9-1-3-18-4-2-12-30-18/h1-6,12-13,16-17,23H,7-11,14-15H2. The van der Waals surface area contributed by atoms with Gasteiger partial charge in [-0.15, -0.1) is 0 Å². The maximum atomic E-state index is 12.5. The van der Waals surface area contributed by atoms with Crippen molar-refractivity contribution < 1.29 is 4.42 Å². The van der Waals surface area contributed by atoms with E-state index in [1.807, 2.05) is 18.2 Å². The number of hydrogen-bond acceptors (Lipinski definition) is 6. The van der Waals surface area contributed by atoms with E-state index in [0.717, 1.165) is 44.8 Å². The molecule has 3 aromatic rings. The van der Waals surface area contributed by atoms with E-state index < -0.39 is 0 Å². The van der Waals surface area contributed by atoms with Gasteiger partial charge in [-0.1, -0.05) is 6.08 Å². The highest BCUT2D eigenvalue weighted by Crippen LogP contribution is 2.24. The Morgan fingerprint density at radius 2 is 2.03 bits per heavy atom. The van der Waals surface area contributed by atoms with Crippen LogP contribution in [0.3, 0.4) is 0 Å². The van der Waals surface area contributed by atoms with Crippen LogP contribution in [0.25, 0.3) is 17.2 Å². The molecule has 1 unspecified atom stereocenters. The van der Waals surface area contributed by atoms with Crippen LogP contribution in [0.2, 0.25) is 0 Å². The molecule has 1 saturated heterocycles. The Labute approximate surface area is 173 Å². The van der Waals surface area contributed by atoms with E-state index in [0.29, 0.717) is 23.8 Å². The molecule has 0 aliphatic carbocycles. The van der Waals surface area contributed by atoms with Gasteiger partial charge in [0.1, 0.15) is 16.9 Å². The van der Waals surface area contributed by atoms with Gasteiger partial charge in [-0.2, -0.15) is 0 Å². The van der Waals surface area contributed by atoms with Gasteiger partial charge in [0.25, 0.3) is 11.1 Å². The second-order valence-corrected chi connectivity index (χ2v) is 8.01. The largest absolute Gasteiger partial charge is 0.465 e. The first-order valence-electron chi connectivity index (χ1n) is 10.5. The number of nitrogens with one attached hydrogen (secondary N) is 1. The van der Waals surface area contributed by atoms with Gasteiger partial charge < -0.3 is 14.6 Å². The molecule has 30 heavy (non-hydrogen) atoms. The Morgan fingerprint density at radius 1 is 1.17 bits per heavy atom. The van der Waals surface area contributed by atoms with Crippen molar-refractivity contribution >= 4 is 17.2 Å². The van der Waals surface area contributed by atoms with Gasteiger partial charge in [-0.25, -0.2) is 4.98 Å². The van der Waals surface area contributed by atoms with E-state index in [-0.39, 0.29) is 17.2 Å². The zero-order valence-corrected chi connectivity index (χ0v) is 16.7. The third-order valence-corrected chi connectivity index (χ3v) is 6.08. The minimum atomic E-state index is -0.135. The van der Waals surface area contributed by atoms with E-state index in [1.165, 1.54) is 12.3 Å². The summed E-state index contributed by atoms with van der Waals surface area (Å²) in [5.41, 5.74) is 1.14. The fraction of sp³-hybridized carbons (Fsp3) is 0.409. The number of nitrogens with zero attached hydrogens (tertiary/aromatic N) is 4. The molecule has 1 fully saturated rings. The minimum absolute atomic E-state index is 0.0289. The zero-order valence-electron chi connectivity index (χ0n) is 16.7. The first kappa shape index (κ1) is 19.0. The van der Waals surface area contributed by atoms with Crippen LogP contribution in [0, 0.1) is 0 Å². The Kier molecular flexibility index (Phi) is 5.10. The Hall–Kier alpha value is -2.97. The van der Waals surface area contributed by atoms with Crippen LogP contribution in [0.5, 0.6) is 0 Å². The fourth-order valence-electron chi connectivity index (χ4n) is 4.58. The lowest BCUT2D eigenvalue weighted by atomic mass is 10.0. The smallest absolute Gasteiger partial charge is 0.270 e. The molecule has 156 valence electrons. The molecule has 8 heteroatoms. The summed E-state index contributed by atoms with van der Waals surface area (Å²) in [5, 5.41) is 3.58. The van der Waals surface area contributed by atoms with Gasteiger partial charge in [-0.05, 0) is 50.2 Å². The van der Waals surface area contributed by atoms with Crippen molar-refractivity contribution in [1.82, 2.24) is 24.3 Å². The number of piperidine rings is 1. The lowest BCUT2D eigenvalue weighted by Gasteiger charge is -2.34. The molecule has 8 nitrogen and oxygen atoms in total. The number of hydrogen-bond donors (Lipinski definition) is 1. The van der Waals surface area contributed by atoms with E-state index in [4.69, 9.17) is 4.42 Å². The molecule has 5 heterocycles. The van der Waals surface area contributed by atoms with Crippen LogP contribution in [-0.4, -0.2) is 51.2 Å². The Bertz CT molecular complexity index is 1160. The molecule has 0 saturated carbocycles. The summed E-state index contributed by atoms with van der Waals surface area (Å²) in [5.74, 6) is 0.865. The molecular weight excluding hydrogens is 382 g/mol. The monoisotopic (exact) mass is 407 g/mol. The highest BCUT2D eigenvalue weighted by atomic mass is 16.3. The summed E-state index contributed by atoms with van der Waals surface area (Å²) >= 11 is 0. The van der Waals surface area contributed by atoms with Gasteiger partial charge in [-0.3, -0.25) is 18.7 Å². The average Bonchev–Trinajstić information content (AvgIpc) is 3.40. The molecule has 0 amide bonds. The molecule has 0 spiro atoms.